The molecule has 0 amide bonds. The van der Waals surface area contributed by atoms with E-state index in [-0.39, 0.29) is 0 Å². The van der Waals surface area contributed by atoms with Gasteiger partial charge in [-0.05, 0) is 84.7 Å². The summed E-state index contributed by atoms with van der Waals surface area (Å²) in [6.45, 7) is 4.15. The third kappa shape index (κ3) is 4.22. The van der Waals surface area contributed by atoms with Crippen molar-refractivity contribution in [2.75, 3.05) is 19.6 Å². The summed E-state index contributed by atoms with van der Waals surface area (Å²) in [4.78, 5) is 0. The Morgan fingerprint density at radius 2 is 1.95 bits per heavy atom. The van der Waals surface area contributed by atoms with Crippen LogP contribution in [-0.2, 0) is 6.54 Å². The van der Waals surface area contributed by atoms with E-state index < -0.39 is 0 Å². The van der Waals surface area contributed by atoms with Crippen LogP contribution in [0, 0.1) is 5.92 Å². The summed E-state index contributed by atoms with van der Waals surface area (Å²) < 4.78 is 8.05. The third-order valence-electron chi connectivity index (χ3n) is 4.05. The first-order chi connectivity index (χ1) is 10.7. The Labute approximate surface area is 148 Å². The molecular formula is C17H20Br2N2O. The van der Waals surface area contributed by atoms with Crippen LogP contribution in [0.5, 0.6) is 0 Å². The Kier molecular flexibility index (Phi) is 5.74. The highest BCUT2D eigenvalue weighted by atomic mass is 79.9. The standard InChI is InChI=1S/C17H20Br2N2O/c18-13-1-3-15(16(19)9-13)17-4-2-14(22-17)11-21-10-12-5-7-20-8-6-12/h1-4,9,12,20-21H,5-8,10-11H2. The molecule has 5 heteroatoms. The molecule has 0 saturated carbocycles. The number of nitrogens with one attached hydrogen (secondary N) is 2. The Bertz CT molecular complexity index is 621. The van der Waals surface area contributed by atoms with Crippen LogP contribution in [0.4, 0.5) is 0 Å². The van der Waals surface area contributed by atoms with Crippen molar-refractivity contribution in [3.63, 3.8) is 0 Å². The minimum absolute atomic E-state index is 0.788. The van der Waals surface area contributed by atoms with E-state index >= 15 is 0 Å². The predicted molar refractivity (Wildman–Crippen MR) is 96.8 cm³/mol. The highest BCUT2D eigenvalue weighted by Crippen LogP contribution is 2.31. The summed E-state index contributed by atoms with van der Waals surface area (Å²) in [6, 6.07) is 10.2. The molecule has 3 rings (SSSR count). The van der Waals surface area contributed by atoms with Crippen molar-refractivity contribution < 1.29 is 4.42 Å². The van der Waals surface area contributed by atoms with E-state index in [2.05, 4.69) is 54.6 Å². The maximum Gasteiger partial charge on any atom is 0.135 e. The van der Waals surface area contributed by atoms with E-state index in [1.54, 1.807) is 0 Å². The lowest BCUT2D eigenvalue weighted by Crippen LogP contribution is -2.33. The number of hydrogen-bond donors (Lipinski definition) is 2. The molecule has 0 unspecified atom stereocenters. The minimum Gasteiger partial charge on any atom is -0.460 e. The van der Waals surface area contributed by atoms with E-state index in [0.29, 0.717) is 0 Å². The number of halogens is 2. The topological polar surface area (TPSA) is 37.2 Å². The van der Waals surface area contributed by atoms with Crippen molar-refractivity contribution in [2.45, 2.75) is 19.4 Å². The van der Waals surface area contributed by atoms with E-state index in [1.807, 2.05) is 18.2 Å². The van der Waals surface area contributed by atoms with Gasteiger partial charge in [0.25, 0.3) is 0 Å². The number of hydrogen-bond acceptors (Lipinski definition) is 3. The highest BCUT2D eigenvalue weighted by molar-refractivity contribution is 9.11. The van der Waals surface area contributed by atoms with Crippen molar-refractivity contribution in [3.05, 3.63) is 45.0 Å². The van der Waals surface area contributed by atoms with Gasteiger partial charge in [-0.3, -0.25) is 0 Å². The minimum atomic E-state index is 0.788. The van der Waals surface area contributed by atoms with Crippen LogP contribution >= 0.6 is 31.9 Å². The van der Waals surface area contributed by atoms with Crippen LogP contribution in [-0.4, -0.2) is 19.6 Å². The first kappa shape index (κ1) is 16.2. The lowest BCUT2D eigenvalue weighted by Gasteiger charge is -2.22. The van der Waals surface area contributed by atoms with Gasteiger partial charge in [0.05, 0.1) is 6.54 Å². The monoisotopic (exact) mass is 426 g/mol. The zero-order valence-corrected chi connectivity index (χ0v) is 15.5. The third-order valence-corrected chi connectivity index (χ3v) is 5.20. The van der Waals surface area contributed by atoms with Gasteiger partial charge < -0.3 is 15.1 Å². The molecular weight excluding hydrogens is 408 g/mol. The summed E-state index contributed by atoms with van der Waals surface area (Å²) >= 11 is 7.06. The first-order valence-corrected chi connectivity index (χ1v) is 9.26. The molecule has 0 radical (unpaired) electrons. The van der Waals surface area contributed by atoms with Gasteiger partial charge in [0.2, 0.25) is 0 Å². The number of rotatable bonds is 5. The summed E-state index contributed by atoms with van der Waals surface area (Å²) in [5, 5.41) is 6.92. The SMILES string of the molecule is Brc1ccc(-c2ccc(CNCC3CCNCC3)o2)c(Br)c1. The van der Waals surface area contributed by atoms with Crippen LogP contribution in [0.25, 0.3) is 11.3 Å². The van der Waals surface area contributed by atoms with Crippen LogP contribution in [0.15, 0.2) is 43.7 Å². The molecule has 2 heterocycles. The van der Waals surface area contributed by atoms with E-state index in [0.717, 1.165) is 58.1 Å². The molecule has 1 aromatic carbocycles. The fourth-order valence-electron chi connectivity index (χ4n) is 2.79. The molecule has 1 fully saturated rings. The lowest BCUT2D eigenvalue weighted by molar-refractivity contribution is 0.350. The first-order valence-electron chi connectivity index (χ1n) is 7.68. The molecule has 22 heavy (non-hydrogen) atoms. The molecule has 1 aromatic heterocycles. The largest absolute Gasteiger partial charge is 0.460 e. The maximum atomic E-state index is 5.96. The summed E-state index contributed by atoms with van der Waals surface area (Å²) in [7, 11) is 0. The van der Waals surface area contributed by atoms with Gasteiger partial charge in [-0.1, -0.05) is 15.9 Å². The Hall–Kier alpha value is -0.620. The molecule has 0 bridgehead atoms. The molecule has 1 saturated heterocycles. The summed E-state index contributed by atoms with van der Waals surface area (Å²) in [5.41, 5.74) is 1.08. The zero-order chi connectivity index (χ0) is 15.4. The van der Waals surface area contributed by atoms with Crippen LogP contribution in [0.2, 0.25) is 0 Å². The van der Waals surface area contributed by atoms with Gasteiger partial charge in [0.15, 0.2) is 0 Å². The van der Waals surface area contributed by atoms with Crippen molar-refractivity contribution in [2.24, 2.45) is 5.92 Å². The normalized spacial score (nSPS) is 16.1. The Morgan fingerprint density at radius 1 is 1.14 bits per heavy atom. The van der Waals surface area contributed by atoms with Gasteiger partial charge in [0.1, 0.15) is 11.5 Å². The Morgan fingerprint density at radius 3 is 2.73 bits per heavy atom. The maximum absolute atomic E-state index is 5.96. The Balaban J connectivity index is 1.56. The fraction of sp³-hybridized carbons (Fsp3) is 0.412. The lowest BCUT2D eigenvalue weighted by atomic mass is 9.98. The fourth-order valence-corrected chi connectivity index (χ4v) is 4.03. The summed E-state index contributed by atoms with van der Waals surface area (Å²) in [6.07, 6.45) is 2.53. The second kappa shape index (κ2) is 7.77. The molecule has 1 aliphatic heterocycles. The molecule has 3 nitrogen and oxygen atoms in total. The van der Waals surface area contributed by atoms with E-state index in [9.17, 15) is 0 Å². The van der Waals surface area contributed by atoms with Crippen LogP contribution < -0.4 is 10.6 Å². The molecule has 2 aromatic rings. The molecule has 0 atom stereocenters. The van der Waals surface area contributed by atoms with Gasteiger partial charge in [-0.15, -0.1) is 0 Å². The average molecular weight is 428 g/mol. The average Bonchev–Trinajstić information content (AvgIpc) is 2.97. The molecule has 0 aliphatic carbocycles. The zero-order valence-electron chi connectivity index (χ0n) is 12.4. The predicted octanol–water partition coefficient (Wildman–Crippen LogP) is 4.56. The van der Waals surface area contributed by atoms with Gasteiger partial charge in [-0.2, -0.15) is 0 Å². The van der Waals surface area contributed by atoms with E-state index in [4.69, 9.17) is 4.42 Å². The second-order valence-electron chi connectivity index (χ2n) is 5.71. The molecule has 1 aliphatic rings. The number of piperidine rings is 1. The molecule has 0 spiro atoms. The van der Waals surface area contributed by atoms with Crippen LogP contribution in [0.1, 0.15) is 18.6 Å². The second-order valence-corrected chi connectivity index (χ2v) is 7.48. The van der Waals surface area contributed by atoms with E-state index in [1.165, 1.54) is 12.8 Å². The highest BCUT2D eigenvalue weighted by Gasteiger charge is 2.13. The van der Waals surface area contributed by atoms with Gasteiger partial charge >= 0.3 is 0 Å². The smallest absolute Gasteiger partial charge is 0.135 e. The number of furan rings is 1. The van der Waals surface area contributed by atoms with Crippen molar-refractivity contribution in [1.29, 1.82) is 0 Å². The summed E-state index contributed by atoms with van der Waals surface area (Å²) in [5.74, 6) is 2.67. The molecule has 118 valence electrons. The van der Waals surface area contributed by atoms with Gasteiger partial charge in [0, 0.05) is 14.5 Å². The molecule has 2 N–H and O–H groups in total. The van der Waals surface area contributed by atoms with Crippen molar-refractivity contribution in [3.8, 4) is 11.3 Å². The van der Waals surface area contributed by atoms with Gasteiger partial charge in [-0.25, -0.2) is 0 Å². The quantitative estimate of drug-likeness (QED) is 0.734. The van der Waals surface area contributed by atoms with Crippen molar-refractivity contribution in [1.82, 2.24) is 10.6 Å². The van der Waals surface area contributed by atoms with Crippen LogP contribution in [0.3, 0.4) is 0 Å². The number of benzene rings is 1. The van der Waals surface area contributed by atoms with Crippen molar-refractivity contribution >= 4 is 31.9 Å².